The van der Waals surface area contributed by atoms with E-state index in [4.69, 9.17) is 5.73 Å². The van der Waals surface area contributed by atoms with Crippen molar-refractivity contribution in [1.82, 2.24) is 5.43 Å². The van der Waals surface area contributed by atoms with Crippen molar-refractivity contribution in [3.05, 3.63) is 0 Å². The first-order chi connectivity index (χ1) is 6.09. The molecule has 0 bridgehead atoms. The third kappa shape index (κ3) is 3.05. The average molecular weight is 183 g/mol. The van der Waals surface area contributed by atoms with Gasteiger partial charge in [0, 0.05) is 5.71 Å². The fourth-order valence-electron chi connectivity index (χ4n) is 1.79. The Kier molecular flexibility index (Phi) is 3.28. The van der Waals surface area contributed by atoms with Gasteiger partial charge in [0.05, 0.1) is 0 Å². The van der Waals surface area contributed by atoms with E-state index >= 15 is 0 Å². The van der Waals surface area contributed by atoms with E-state index in [2.05, 4.69) is 24.4 Å². The molecule has 0 aromatic carbocycles. The minimum Gasteiger partial charge on any atom is -0.350 e. The van der Waals surface area contributed by atoms with Crippen molar-refractivity contribution in [3.8, 4) is 0 Å². The van der Waals surface area contributed by atoms with Gasteiger partial charge in [-0.1, -0.05) is 13.8 Å². The van der Waals surface area contributed by atoms with Crippen LogP contribution in [-0.4, -0.2) is 11.7 Å². The second kappa shape index (κ2) is 4.25. The van der Waals surface area contributed by atoms with Crippen molar-refractivity contribution in [2.45, 2.75) is 33.1 Å². The highest BCUT2D eigenvalue weighted by atomic mass is 16.2. The first-order valence-corrected chi connectivity index (χ1v) is 4.71. The van der Waals surface area contributed by atoms with Crippen LogP contribution in [-0.2, 0) is 0 Å². The highest BCUT2D eigenvalue weighted by molar-refractivity contribution is 5.88. The topological polar surface area (TPSA) is 67.5 Å². The molecule has 0 radical (unpaired) electrons. The molecule has 0 heterocycles. The molecule has 2 unspecified atom stereocenters. The van der Waals surface area contributed by atoms with E-state index in [0.29, 0.717) is 5.92 Å². The van der Waals surface area contributed by atoms with E-state index in [9.17, 15) is 4.79 Å². The molecule has 0 aromatic heterocycles. The van der Waals surface area contributed by atoms with E-state index in [1.807, 2.05) is 0 Å². The van der Waals surface area contributed by atoms with Crippen LogP contribution >= 0.6 is 0 Å². The largest absolute Gasteiger partial charge is 0.350 e. The molecule has 2 amide bonds. The van der Waals surface area contributed by atoms with E-state index in [1.165, 1.54) is 0 Å². The summed E-state index contributed by atoms with van der Waals surface area (Å²) in [6.45, 7) is 4.38. The maximum atomic E-state index is 10.4. The smallest absolute Gasteiger partial charge is 0.332 e. The molecule has 2 atom stereocenters. The summed E-state index contributed by atoms with van der Waals surface area (Å²) in [5.74, 6) is 1.23. The number of nitrogens with zero attached hydrogens (tertiary/aromatic N) is 1. The van der Waals surface area contributed by atoms with Crippen LogP contribution < -0.4 is 11.2 Å². The monoisotopic (exact) mass is 183 g/mol. The fourth-order valence-corrected chi connectivity index (χ4v) is 1.79. The van der Waals surface area contributed by atoms with Gasteiger partial charge in [0.2, 0.25) is 0 Å². The van der Waals surface area contributed by atoms with Gasteiger partial charge in [0.1, 0.15) is 0 Å². The lowest BCUT2D eigenvalue weighted by molar-refractivity contribution is 0.249. The number of amides is 2. The summed E-state index contributed by atoms with van der Waals surface area (Å²) in [6.07, 6.45) is 3.28. The first kappa shape index (κ1) is 10.0. The Morgan fingerprint density at radius 3 is 2.85 bits per heavy atom. The Morgan fingerprint density at radius 2 is 2.31 bits per heavy atom. The first-order valence-electron chi connectivity index (χ1n) is 4.71. The van der Waals surface area contributed by atoms with E-state index in [1.54, 1.807) is 0 Å². The van der Waals surface area contributed by atoms with E-state index in [-0.39, 0.29) is 0 Å². The summed E-state index contributed by atoms with van der Waals surface area (Å²) in [4.78, 5) is 10.4. The van der Waals surface area contributed by atoms with Crippen LogP contribution in [0.1, 0.15) is 33.1 Å². The molecule has 1 aliphatic carbocycles. The molecule has 0 aliphatic heterocycles. The third-order valence-electron chi connectivity index (χ3n) is 2.53. The van der Waals surface area contributed by atoms with Gasteiger partial charge in [-0.2, -0.15) is 5.10 Å². The third-order valence-corrected chi connectivity index (χ3v) is 2.53. The second-order valence-electron chi connectivity index (χ2n) is 3.86. The molecule has 13 heavy (non-hydrogen) atoms. The average Bonchev–Trinajstić information content (AvgIpc) is 2.02. The lowest BCUT2D eigenvalue weighted by Crippen LogP contribution is -2.29. The second-order valence-corrected chi connectivity index (χ2v) is 3.86. The van der Waals surface area contributed by atoms with Crippen molar-refractivity contribution < 1.29 is 4.79 Å². The zero-order valence-electron chi connectivity index (χ0n) is 8.21. The summed E-state index contributed by atoms with van der Waals surface area (Å²) < 4.78 is 0. The Bertz CT molecular complexity index is 225. The quantitative estimate of drug-likeness (QED) is 0.594. The van der Waals surface area contributed by atoms with Gasteiger partial charge in [-0.05, 0) is 31.1 Å². The van der Waals surface area contributed by atoms with Crippen LogP contribution in [0.3, 0.4) is 0 Å². The lowest BCUT2D eigenvalue weighted by atomic mass is 9.82. The number of hydrogen-bond donors (Lipinski definition) is 2. The van der Waals surface area contributed by atoms with Gasteiger partial charge >= 0.3 is 6.03 Å². The normalized spacial score (nSPS) is 31.7. The molecule has 1 aliphatic rings. The Morgan fingerprint density at radius 1 is 1.62 bits per heavy atom. The van der Waals surface area contributed by atoms with Gasteiger partial charge in [-0.25, -0.2) is 10.2 Å². The Hall–Kier alpha value is -1.06. The zero-order chi connectivity index (χ0) is 9.84. The molecular formula is C9H17N3O. The van der Waals surface area contributed by atoms with Crippen molar-refractivity contribution in [2.24, 2.45) is 22.7 Å². The highest BCUT2D eigenvalue weighted by Gasteiger charge is 2.20. The molecule has 0 spiro atoms. The molecule has 1 fully saturated rings. The minimum atomic E-state index is -0.585. The number of nitrogens with two attached hydrogens (primary N) is 1. The Labute approximate surface area is 78.6 Å². The summed E-state index contributed by atoms with van der Waals surface area (Å²) in [5, 5.41) is 3.99. The molecule has 1 rings (SSSR count). The van der Waals surface area contributed by atoms with Gasteiger partial charge in [-0.15, -0.1) is 0 Å². The fraction of sp³-hybridized carbons (Fsp3) is 0.778. The van der Waals surface area contributed by atoms with Gasteiger partial charge in [0.25, 0.3) is 0 Å². The highest BCUT2D eigenvalue weighted by Crippen LogP contribution is 2.25. The zero-order valence-corrected chi connectivity index (χ0v) is 8.21. The molecule has 0 aromatic rings. The number of carbonyl (C=O) groups excluding carboxylic acids is 1. The standard InChI is InChI=1S/C9H17N3O/c1-6-3-4-8(7(2)5-6)11-12-9(10)13/h6-7H,3-5H2,1-2H3,(H3,10,12,13). The van der Waals surface area contributed by atoms with Crippen molar-refractivity contribution >= 4 is 11.7 Å². The minimum absolute atomic E-state index is 0.468. The predicted octanol–water partition coefficient (Wildman–Crippen LogP) is 1.47. The maximum Gasteiger partial charge on any atom is 0.332 e. The van der Waals surface area contributed by atoms with Crippen molar-refractivity contribution in [3.63, 3.8) is 0 Å². The molecule has 4 nitrogen and oxygen atoms in total. The summed E-state index contributed by atoms with van der Waals surface area (Å²) in [5.41, 5.74) is 8.28. The molecule has 0 saturated heterocycles. The number of carbonyl (C=O) groups is 1. The van der Waals surface area contributed by atoms with Gasteiger partial charge in [-0.3, -0.25) is 0 Å². The van der Waals surface area contributed by atoms with Crippen LogP contribution in [0.2, 0.25) is 0 Å². The van der Waals surface area contributed by atoms with Crippen molar-refractivity contribution in [2.75, 3.05) is 0 Å². The van der Waals surface area contributed by atoms with Crippen LogP contribution in [0.5, 0.6) is 0 Å². The number of urea groups is 1. The molecule has 4 heteroatoms. The van der Waals surface area contributed by atoms with E-state index in [0.717, 1.165) is 30.9 Å². The number of hydrogen-bond acceptors (Lipinski definition) is 2. The molecule has 1 saturated carbocycles. The Balaban J connectivity index is 2.50. The molecule has 74 valence electrons. The van der Waals surface area contributed by atoms with Crippen LogP contribution in [0.15, 0.2) is 5.10 Å². The van der Waals surface area contributed by atoms with Gasteiger partial charge in [0.15, 0.2) is 0 Å². The van der Waals surface area contributed by atoms with Gasteiger partial charge < -0.3 is 5.73 Å². The van der Waals surface area contributed by atoms with Crippen LogP contribution in [0, 0.1) is 11.8 Å². The number of primary amides is 1. The number of rotatable bonds is 1. The number of hydrazone groups is 1. The SMILES string of the molecule is CC1CCC(=NNC(N)=O)C(C)C1. The van der Waals surface area contributed by atoms with Crippen LogP contribution in [0.25, 0.3) is 0 Å². The van der Waals surface area contributed by atoms with Crippen molar-refractivity contribution in [1.29, 1.82) is 0 Å². The predicted molar refractivity (Wildman–Crippen MR) is 52.3 cm³/mol. The molecule has 3 N–H and O–H groups in total. The molecular weight excluding hydrogens is 166 g/mol. The lowest BCUT2D eigenvalue weighted by Gasteiger charge is -2.25. The number of nitrogens with one attached hydrogen (secondary N) is 1. The summed E-state index contributed by atoms with van der Waals surface area (Å²) >= 11 is 0. The summed E-state index contributed by atoms with van der Waals surface area (Å²) in [6, 6.07) is -0.585. The van der Waals surface area contributed by atoms with E-state index < -0.39 is 6.03 Å². The van der Waals surface area contributed by atoms with Crippen LogP contribution in [0.4, 0.5) is 4.79 Å². The summed E-state index contributed by atoms with van der Waals surface area (Å²) in [7, 11) is 0. The maximum absolute atomic E-state index is 10.4.